The molecule has 1 aromatic heterocycles. The number of H-pyrrole nitrogens is 1. The number of carboxylic acids is 1. The maximum atomic E-state index is 13.2. The van der Waals surface area contributed by atoms with E-state index in [1.54, 1.807) is 6.33 Å². The van der Waals surface area contributed by atoms with Crippen LogP contribution >= 0.6 is 0 Å². The number of benzene rings is 1. The van der Waals surface area contributed by atoms with E-state index >= 15 is 0 Å². The molecule has 0 atom stereocenters. The number of aromatic carboxylic acids is 1. The monoisotopic (exact) mass is 249 g/mol. The largest absolute Gasteiger partial charge is 0.478 e. The van der Waals surface area contributed by atoms with Crippen LogP contribution in [-0.4, -0.2) is 21.0 Å². The molecule has 5 nitrogen and oxygen atoms in total. The van der Waals surface area contributed by atoms with E-state index in [-0.39, 0.29) is 5.56 Å². The van der Waals surface area contributed by atoms with Gasteiger partial charge in [-0.25, -0.2) is 14.2 Å². The third-order valence-corrected chi connectivity index (χ3v) is 2.59. The number of hydrogen-bond acceptors (Lipinski definition) is 3. The van der Waals surface area contributed by atoms with Crippen LogP contribution in [0, 0.1) is 12.7 Å². The van der Waals surface area contributed by atoms with Crippen LogP contribution < -0.4 is 5.32 Å². The van der Waals surface area contributed by atoms with Crippen molar-refractivity contribution in [2.45, 2.75) is 13.5 Å². The summed E-state index contributed by atoms with van der Waals surface area (Å²) in [7, 11) is 0. The minimum absolute atomic E-state index is 0.348. The van der Waals surface area contributed by atoms with Crippen LogP contribution in [0.3, 0.4) is 0 Å². The minimum Gasteiger partial charge on any atom is -0.478 e. The molecule has 3 N–H and O–H groups in total. The molecule has 0 spiro atoms. The predicted octanol–water partition coefficient (Wildman–Crippen LogP) is 2.17. The van der Waals surface area contributed by atoms with Crippen LogP contribution in [0.2, 0.25) is 0 Å². The van der Waals surface area contributed by atoms with Gasteiger partial charge in [-0.1, -0.05) is 0 Å². The molecule has 18 heavy (non-hydrogen) atoms. The zero-order chi connectivity index (χ0) is 13.1. The van der Waals surface area contributed by atoms with Gasteiger partial charge in [0.25, 0.3) is 0 Å². The summed E-state index contributed by atoms with van der Waals surface area (Å²) in [5.74, 6) is -2.03. The van der Waals surface area contributed by atoms with Gasteiger partial charge in [-0.15, -0.1) is 0 Å². The zero-order valence-corrected chi connectivity index (χ0v) is 9.70. The zero-order valence-electron chi connectivity index (χ0n) is 9.70. The number of rotatable bonds is 4. The minimum atomic E-state index is -1.29. The highest BCUT2D eigenvalue weighted by atomic mass is 19.1. The quantitative estimate of drug-likeness (QED) is 0.776. The standard InChI is InChI=1S/C12H12FN3O2/c1-7-11(16-6-15-7)5-14-8-2-3-10(13)9(4-8)12(17)18/h2-4,6,14H,5H2,1H3,(H,15,16)(H,17,18). The third kappa shape index (κ3) is 2.48. The number of carboxylic acid groups (broad SMARTS) is 1. The second-order valence-electron chi connectivity index (χ2n) is 3.83. The first-order chi connectivity index (χ1) is 8.58. The van der Waals surface area contributed by atoms with Gasteiger partial charge in [0.2, 0.25) is 0 Å². The maximum Gasteiger partial charge on any atom is 0.338 e. The Morgan fingerprint density at radius 2 is 2.33 bits per heavy atom. The van der Waals surface area contributed by atoms with E-state index in [0.717, 1.165) is 17.5 Å². The molecule has 1 heterocycles. The van der Waals surface area contributed by atoms with Gasteiger partial charge in [0.05, 0.1) is 24.1 Å². The molecule has 94 valence electrons. The van der Waals surface area contributed by atoms with E-state index in [0.29, 0.717) is 12.2 Å². The van der Waals surface area contributed by atoms with Crippen LogP contribution in [0.25, 0.3) is 0 Å². The summed E-state index contributed by atoms with van der Waals surface area (Å²) in [5, 5.41) is 11.8. The van der Waals surface area contributed by atoms with E-state index in [1.807, 2.05) is 6.92 Å². The van der Waals surface area contributed by atoms with Crippen LogP contribution in [0.5, 0.6) is 0 Å². The summed E-state index contributed by atoms with van der Waals surface area (Å²) in [6.45, 7) is 2.33. The molecule has 2 aromatic rings. The Morgan fingerprint density at radius 1 is 1.56 bits per heavy atom. The Morgan fingerprint density at radius 3 is 2.94 bits per heavy atom. The third-order valence-electron chi connectivity index (χ3n) is 2.59. The molecule has 0 saturated heterocycles. The van der Waals surface area contributed by atoms with Gasteiger partial charge < -0.3 is 15.4 Å². The molecule has 0 saturated carbocycles. The van der Waals surface area contributed by atoms with E-state index in [9.17, 15) is 9.18 Å². The number of hydrogen-bond donors (Lipinski definition) is 3. The van der Waals surface area contributed by atoms with E-state index < -0.39 is 11.8 Å². The topological polar surface area (TPSA) is 78.0 Å². The molecule has 0 aliphatic rings. The molecule has 0 unspecified atom stereocenters. The number of nitrogens with zero attached hydrogens (tertiary/aromatic N) is 1. The first kappa shape index (κ1) is 12.1. The fourth-order valence-corrected chi connectivity index (χ4v) is 1.55. The molecule has 1 aromatic carbocycles. The second kappa shape index (κ2) is 4.87. The number of imidazole rings is 1. The summed E-state index contributed by atoms with van der Waals surface area (Å²) in [4.78, 5) is 17.8. The molecule has 0 amide bonds. The number of carbonyl (C=O) groups is 1. The lowest BCUT2D eigenvalue weighted by Crippen LogP contribution is -2.05. The number of aromatic nitrogens is 2. The lowest BCUT2D eigenvalue weighted by Gasteiger charge is -2.06. The van der Waals surface area contributed by atoms with Gasteiger partial charge in [-0.05, 0) is 25.1 Å². The fourth-order valence-electron chi connectivity index (χ4n) is 1.55. The van der Waals surface area contributed by atoms with Crippen molar-refractivity contribution in [1.82, 2.24) is 9.97 Å². The summed E-state index contributed by atoms with van der Waals surface area (Å²) < 4.78 is 13.2. The Labute approximate surface area is 103 Å². The molecule has 0 radical (unpaired) electrons. The summed E-state index contributed by atoms with van der Waals surface area (Å²) >= 11 is 0. The highest BCUT2D eigenvalue weighted by molar-refractivity contribution is 5.89. The smallest absolute Gasteiger partial charge is 0.338 e. The van der Waals surface area contributed by atoms with Gasteiger partial charge in [0, 0.05) is 11.4 Å². The van der Waals surface area contributed by atoms with Gasteiger partial charge in [-0.2, -0.15) is 0 Å². The van der Waals surface area contributed by atoms with Crippen LogP contribution in [0.4, 0.5) is 10.1 Å². The first-order valence-corrected chi connectivity index (χ1v) is 5.33. The van der Waals surface area contributed by atoms with Crippen molar-refractivity contribution < 1.29 is 14.3 Å². The van der Waals surface area contributed by atoms with Gasteiger partial charge >= 0.3 is 5.97 Å². The highest BCUT2D eigenvalue weighted by Crippen LogP contribution is 2.15. The lowest BCUT2D eigenvalue weighted by atomic mass is 10.2. The van der Waals surface area contributed by atoms with Gasteiger partial charge in [-0.3, -0.25) is 0 Å². The van der Waals surface area contributed by atoms with E-state index in [1.165, 1.54) is 12.1 Å². The van der Waals surface area contributed by atoms with Crippen LogP contribution in [0.1, 0.15) is 21.7 Å². The number of halogens is 1. The fraction of sp³-hybridized carbons (Fsp3) is 0.167. The van der Waals surface area contributed by atoms with Crippen molar-refractivity contribution in [3.8, 4) is 0 Å². The van der Waals surface area contributed by atoms with Crippen LogP contribution in [-0.2, 0) is 6.54 Å². The van der Waals surface area contributed by atoms with Crippen molar-refractivity contribution in [3.63, 3.8) is 0 Å². The Bertz CT molecular complexity index is 580. The van der Waals surface area contributed by atoms with Crippen LogP contribution in [0.15, 0.2) is 24.5 Å². The second-order valence-corrected chi connectivity index (χ2v) is 3.83. The normalized spacial score (nSPS) is 10.3. The number of aromatic amines is 1. The molecule has 0 aliphatic heterocycles. The average molecular weight is 249 g/mol. The molecular weight excluding hydrogens is 237 g/mol. The molecule has 2 rings (SSSR count). The van der Waals surface area contributed by atoms with Gasteiger partial charge in [0.1, 0.15) is 5.82 Å². The summed E-state index contributed by atoms with van der Waals surface area (Å²) in [5.41, 5.74) is 1.95. The predicted molar refractivity (Wildman–Crippen MR) is 64.0 cm³/mol. The molecular formula is C12H12FN3O2. The van der Waals surface area contributed by atoms with Crippen molar-refractivity contribution in [2.75, 3.05) is 5.32 Å². The molecule has 6 heteroatoms. The number of nitrogens with one attached hydrogen (secondary N) is 2. The maximum absolute atomic E-state index is 13.2. The van der Waals surface area contributed by atoms with E-state index in [2.05, 4.69) is 15.3 Å². The van der Waals surface area contributed by atoms with Gasteiger partial charge in [0.15, 0.2) is 0 Å². The summed E-state index contributed by atoms with van der Waals surface area (Å²) in [6.07, 6.45) is 1.58. The average Bonchev–Trinajstić information content (AvgIpc) is 2.73. The highest BCUT2D eigenvalue weighted by Gasteiger charge is 2.10. The molecule has 0 aliphatic carbocycles. The van der Waals surface area contributed by atoms with Crippen molar-refractivity contribution >= 4 is 11.7 Å². The van der Waals surface area contributed by atoms with Crippen molar-refractivity contribution in [1.29, 1.82) is 0 Å². The SMILES string of the molecule is Cc1[nH]cnc1CNc1ccc(F)c(C(=O)O)c1. The Balaban J connectivity index is 2.13. The lowest BCUT2D eigenvalue weighted by molar-refractivity contribution is 0.0692. The number of aryl methyl sites for hydroxylation is 1. The summed E-state index contributed by atoms with van der Waals surface area (Å²) in [6, 6.07) is 3.88. The number of anilines is 1. The van der Waals surface area contributed by atoms with Crippen molar-refractivity contribution in [2.24, 2.45) is 0 Å². The molecule has 0 fully saturated rings. The molecule has 0 bridgehead atoms. The van der Waals surface area contributed by atoms with Crippen molar-refractivity contribution in [3.05, 3.63) is 47.3 Å². The Kier molecular flexibility index (Phi) is 3.27. The first-order valence-electron chi connectivity index (χ1n) is 5.33. The van der Waals surface area contributed by atoms with E-state index in [4.69, 9.17) is 5.11 Å². The Hall–Kier alpha value is -2.37.